The van der Waals surface area contributed by atoms with E-state index in [-0.39, 0.29) is 18.7 Å². The van der Waals surface area contributed by atoms with Crippen LogP contribution in [0.25, 0.3) is 0 Å². The van der Waals surface area contributed by atoms with Gasteiger partial charge in [0, 0.05) is 5.56 Å². The van der Waals surface area contributed by atoms with Crippen molar-refractivity contribution < 1.29 is 14.3 Å². The maximum atomic E-state index is 12.1. The molecule has 21 heavy (non-hydrogen) atoms. The molecule has 0 radical (unpaired) electrons. The number of para-hydroxylation sites is 1. The summed E-state index contributed by atoms with van der Waals surface area (Å²) < 4.78 is 5.92. The zero-order valence-electron chi connectivity index (χ0n) is 11.9. The highest BCUT2D eigenvalue weighted by Gasteiger charge is 2.11. The second kappa shape index (κ2) is 7.24. The minimum absolute atomic E-state index is 0.0523. The van der Waals surface area contributed by atoms with Crippen LogP contribution in [0.15, 0.2) is 54.6 Å². The highest BCUT2D eigenvalue weighted by Crippen LogP contribution is 2.18. The number of Topliss-reactive ketones (excluding diaryl/α,β-unsaturated/α-hetero) is 1. The lowest BCUT2D eigenvalue weighted by atomic mass is 10.1. The minimum Gasteiger partial charge on any atom is -0.624 e. The summed E-state index contributed by atoms with van der Waals surface area (Å²) in [5.74, 6) is 0.387. The Hall–Kier alpha value is -2.62. The molecule has 0 aromatic heterocycles. The molecule has 0 bridgehead atoms. The molecule has 4 nitrogen and oxygen atoms in total. The molecule has 0 saturated heterocycles. The summed E-state index contributed by atoms with van der Waals surface area (Å²) >= 11 is 0. The summed E-state index contributed by atoms with van der Waals surface area (Å²) in [6.45, 7) is 0.236. The third-order valence-corrected chi connectivity index (χ3v) is 3.07. The van der Waals surface area contributed by atoms with Crippen LogP contribution in [0.3, 0.4) is 0 Å². The summed E-state index contributed by atoms with van der Waals surface area (Å²) in [7, 11) is 1.52. The van der Waals surface area contributed by atoms with Crippen LogP contribution in [0.2, 0.25) is 0 Å². The Morgan fingerprint density at radius 1 is 1.14 bits per heavy atom. The molecule has 0 N–H and O–H groups in total. The van der Waals surface area contributed by atoms with E-state index >= 15 is 0 Å². The Labute approximate surface area is 123 Å². The maximum Gasteiger partial charge on any atom is 0.178 e. The van der Waals surface area contributed by atoms with Crippen molar-refractivity contribution in [3.8, 4) is 5.75 Å². The van der Waals surface area contributed by atoms with Gasteiger partial charge >= 0.3 is 0 Å². The molecule has 4 heteroatoms. The minimum atomic E-state index is -0.138. The molecular weight excluding hydrogens is 266 g/mol. The Balaban J connectivity index is 2.01. The Bertz CT molecular complexity index is 635. The highest BCUT2D eigenvalue weighted by atomic mass is 16.5. The van der Waals surface area contributed by atoms with Crippen molar-refractivity contribution in [3.05, 3.63) is 70.9 Å². The number of carbonyl (C=O) groups is 1. The summed E-state index contributed by atoms with van der Waals surface area (Å²) in [4.78, 5) is 12.1. The first-order chi connectivity index (χ1) is 10.2. The topological polar surface area (TPSA) is 52.4 Å². The summed E-state index contributed by atoms with van der Waals surface area (Å²) in [5, 5.41) is 11.8. The number of carbonyl (C=O) groups excluding carboxylic acids is 1. The normalized spacial score (nSPS) is 11.2. The fourth-order valence-corrected chi connectivity index (χ4v) is 2.00. The van der Waals surface area contributed by atoms with Crippen LogP contribution >= 0.6 is 0 Å². The van der Waals surface area contributed by atoms with Gasteiger partial charge in [-0.25, -0.2) is 4.74 Å². The molecule has 0 aliphatic heterocycles. The maximum absolute atomic E-state index is 12.1. The van der Waals surface area contributed by atoms with Crippen molar-refractivity contribution in [2.24, 2.45) is 0 Å². The molecule has 0 unspecified atom stereocenters. The van der Waals surface area contributed by atoms with Gasteiger partial charge in [0.15, 0.2) is 18.5 Å². The molecule has 0 heterocycles. The van der Waals surface area contributed by atoms with Gasteiger partial charge in [-0.05, 0) is 12.1 Å². The average molecular weight is 283 g/mol. The van der Waals surface area contributed by atoms with Crippen molar-refractivity contribution in [3.63, 3.8) is 0 Å². The molecule has 2 aromatic carbocycles. The zero-order chi connectivity index (χ0) is 15.1. The number of rotatable bonds is 6. The van der Waals surface area contributed by atoms with Crippen LogP contribution in [-0.4, -0.2) is 23.8 Å². The van der Waals surface area contributed by atoms with Crippen molar-refractivity contribution in [1.29, 1.82) is 0 Å². The number of methoxy groups -OCH3 is 1. The van der Waals surface area contributed by atoms with Crippen molar-refractivity contribution in [1.82, 2.24) is 0 Å². The third-order valence-electron chi connectivity index (χ3n) is 3.07. The fraction of sp³-hybridized carbons (Fsp3) is 0.176. The molecule has 108 valence electrons. The first kappa shape index (κ1) is 14.8. The van der Waals surface area contributed by atoms with E-state index in [1.807, 2.05) is 30.3 Å². The lowest BCUT2D eigenvalue weighted by Gasteiger charge is -2.06. The van der Waals surface area contributed by atoms with Crippen LogP contribution in [-0.2, 0) is 6.54 Å². The summed E-state index contributed by atoms with van der Waals surface area (Å²) in [6.07, 6.45) is 1.42. The second-order valence-corrected chi connectivity index (χ2v) is 4.57. The van der Waals surface area contributed by atoms with Gasteiger partial charge in [0.1, 0.15) is 5.75 Å². The van der Waals surface area contributed by atoms with E-state index in [1.165, 1.54) is 13.3 Å². The van der Waals surface area contributed by atoms with E-state index in [9.17, 15) is 10.0 Å². The van der Waals surface area contributed by atoms with Crippen LogP contribution in [0, 0.1) is 5.21 Å². The standard InChI is InChI=1S/C17H17NO3/c1-21-17-10-6-5-9-15(17)16(19)11-12-18(20)13-14-7-3-2-4-8-14/h2-10,12H,11,13H2,1H3/b18-12-. The first-order valence-electron chi connectivity index (χ1n) is 6.68. The fourth-order valence-electron chi connectivity index (χ4n) is 2.00. The Morgan fingerprint density at radius 2 is 1.81 bits per heavy atom. The number of hydrogen-bond acceptors (Lipinski definition) is 3. The van der Waals surface area contributed by atoms with E-state index in [4.69, 9.17) is 4.74 Å². The smallest absolute Gasteiger partial charge is 0.178 e. The predicted octanol–water partition coefficient (Wildman–Crippen LogP) is 3.05. The predicted molar refractivity (Wildman–Crippen MR) is 81.8 cm³/mol. The first-order valence-corrected chi connectivity index (χ1v) is 6.68. The highest BCUT2D eigenvalue weighted by molar-refractivity contribution is 6.04. The van der Waals surface area contributed by atoms with Crippen LogP contribution in [0.4, 0.5) is 0 Å². The van der Waals surface area contributed by atoms with E-state index in [0.29, 0.717) is 11.3 Å². The monoisotopic (exact) mass is 283 g/mol. The van der Waals surface area contributed by atoms with Crippen LogP contribution in [0.1, 0.15) is 22.3 Å². The number of hydrogen-bond donors (Lipinski definition) is 0. The molecule has 0 fully saturated rings. The number of hydroxylamine groups is 1. The molecule has 0 aliphatic rings. The van der Waals surface area contributed by atoms with Crippen molar-refractivity contribution >= 4 is 12.0 Å². The number of benzene rings is 2. The van der Waals surface area contributed by atoms with Gasteiger partial charge in [0.05, 0.1) is 19.1 Å². The molecule has 0 aliphatic carbocycles. The number of ether oxygens (including phenoxy) is 1. The van der Waals surface area contributed by atoms with Gasteiger partial charge in [-0.2, -0.15) is 0 Å². The Morgan fingerprint density at radius 3 is 2.52 bits per heavy atom. The average Bonchev–Trinajstić information content (AvgIpc) is 2.53. The second-order valence-electron chi connectivity index (χ2n) is 4.57. The Kier molecular flexibility index (Phi) is 5.10. The van der Waals surface area contributed by atoms with Gasteiger partial charge in [-0.15, -0.1) is 0 Å². The van der Waals surface area contributed by atoms with Gasteiger partial charge < -0.3 is 9.94 Å². The lowest BCUT2D eigenvalue weighted by Crippen LogP contribution is -2.09. The third kappa shape index (κ3) is 4.18. The summed E-state index contributed by atoms with van der Waals surface area (Å²) in [6, 6.07) is 16.4. The zero-order valence-corrected chi connectivity index (χ0v) is 11.9. The van der Waals surface area contributed by atoms with Crippen molar-refractivity contribution in [2.45, 2.75) is 13.0 Å². The van der Waals surface area contributed by atoms with Gasteiger partial charge in [0.25, 0.3) is 0 Å². The van der Waals surface area contributed by atoms with Gasteiger partial charge in [0.2, 0.25) is 0 Å². The SMILES string of the molecule is COc1ccccc1C(=O)C/C=[N+](\[O-])Cc1ccccc1. The van der Waals surface area contributed by atoms with E-state index < -0.39 is 0 Å². The van der Waals surface area contributed by atoms with E-state index in [2.05, 4.69) is 0 Å². The van der Waals surface area contributed by atoms with Gasteiger partial charge in [-0.3, -0.25) is 4.79 Å². The molecule has 0 amide bonds. The van der Waals surface area contributed by atoms with E-state index in [0.717, 1.165) is 10.3 Å². The summed E-state index contributed by atoms with van der Waals surface area (Å²) in [5.41, 5.74) is 1.40. The number of ketones is 1. The molecule has 0 spiro atoms. The van der Waals surface area contributed by atoms with Crippen LogP contribution in [0.5, 0.6) is 5.75 Å². The molecule has 2 rings (SSSR count). The van der Waals surface area contributed by atoms with E-state index in [1.54, 1.807) is 24.3 Å². The molecular formula is C17H17NO3. The lowest BCUT2D eigenvalue weighted by molar-refractivity contribution is -0.470. The molecule has 0 atom stereocenters. The molecule has 0 saturated carbocycles. The van der Waals surface area contributed by atoms with Crippen molar-refractivity contribution in [2.75, 3.05) is 7.11 Å². The van der Waals surface area contributed by atoms with Gasteiger partial charge in [-0.1, -0.05) is 42.5 Å². The number of nitrogens with zero attached hydrogens (tertiary/aromatic N) is 1. The largest absolute Gasteiger partial charge is 0.624 e. The molecule has 2 aromatic rings. The quantitative estimate of drug-likeness (QED) is 0.269. The van der Waals surface area contributed by atoms with Crippen LogP contribution < -0.4 is 4.74 Å².